The SMILES string of the molecule is CC(C)N1CC(N)CCCC1=O. The average Bonchev–Trinajstić information content (AvgIpc) is 2.13. The molecule has 0 aliphatic carbocycles. The van der Waals surface area contributed by atoms with E-state index in [1.54, 1.807) is 0 Å². The van der Waals surface area contributed by atoms with Crippen LogP contribution in [0.2, 0.25) is 0 Å². The van der Waals surface area contributed by atoms with Crippen molar-refractivity contribution < 1.29 is 4.79 Å². The number of rotatable bonds is 1. The van der Waals surface area contributed by atoms with Gasteiger partial charge < -0.3 is 10.6 Å². The fraction of sp³-hybridized carbons (Fsp3) is 0.889. The van der Waals surface area contributed by atoms with Gasteiger partial charge >= 0.3 is 0 Å². The van der Waals surface area contributed by atoms with Crippen molar-refractivity contribution in [2.24, 2.45) is 5.73 Å². The molecule has 1 atom stereocenters. The standard InChI is InChI=1S/C9H18N2O/c1-7(2)11-6-8(10)4-3-5-9(11)12/h7-8H,3-6,10H2,1-2H3. The van der Waals surface area contributed by atoms with Gasteiger partial charge in [-0.1, -0.05) is 0 Å². The van der Waals surface area contributed by atoms with Crippen LogP contribution in [0.4, 0.5) is 0 Å². The van der Waals surface area contributed by atoms with Crippen LogP contribution >= 0.6 is 0 Å². The monoisotopic (exact) mass is 170 g/mol. The van der Waals surface area contributed by atoms with Gasteiger partial charge in [0.25, 0.3) is 0 Å². The van der Waals surface area contributed by atoms with Crippen molar-refractivity contribution in [3.63, 3.8) is 0 Å². The summed E-state index contributed by atoms with van der Waals surface area (Å²) in [5.41, 5.74) is 5.83. The van der Waals surface area contributed by atoms with E-state index in [2.05, 4.69) is 0 Å². The van der Waals surface area contributed by atoms with Crippen molar-refractivity contribution in [3.05, 3.63) is 0 Å². The summed E-state index contributed by atoms with van der Waals surface area (Å²) < 4.78 is 0. The third-order valence-corrected chi connectivity index (χ3v) is 2.34. The highest BCUT2D eigenvalue weighted by molar-refractivity contribution is 5.76. The third kappa shape index (κ3) is 2.21. The number of amides is 1. The minimum absolute atomic E-state index is 0.179. The highest BCUT2D eigenvalue weighted by Crippen LogP contribution is 2.12. The Morgan fingerprint density at radius 2 is 2.25 bits per heavy atom. The molecule has 1 rings (SSSR count). The molecule has 1 aliphatic rings. The van der Waals surface area contributed by atoms with E-state index in [1.165, 1.54) is 0 Å². The maximum Gasteiger partial charge on any atom is 0.222 e. The fourth-order valence-electron chi connectivity index (χ4n) is 1.60. The maximum atomic E-state index is 11.5. The molecule has 3 heteroatoms. The van der Waals surface area contributed by atoms with E-state index in [0.29, 0.717) is 12.5 Å². The summed E-state index contributed by atoms with van der Waals surface area (Å²) in [6, 6.07) is 0.473. The molecule has 2 N–H and O–H groups in total. The third-order valence-electron chi connectivity index (χ3n) is 2.34. The zero-order valence-corrected chi connectivity index (χ0v) is 7.92. The highest BCUT2D eigenvalue weighted by atomic mass is 16.2. The molecule has 1 aliphatic heterocycles. The fourth-order valence-corrected chi connectivity index (χ4v) is 1.60. The first-order chi connectivity index (χ1) is 5.61. The van der Waals surface area contributed by atoms with Gasteiger partial charge in [-0.15, -0.1) is 0 Å². The first-order valence-electron chi connectivity index (χ1n) is 4.66. The van der Waals surface area contributed by atoms with Crippen LogP contribution < -0.4 is 5.73 Å². The number of hydrogen-bond acceptors (Lipinski definition) is 2. The minimum atomic E-state index is 0.179. The van der Waals surface area contributed by atoms with E-state index in [1.807, 2.05) is 18.7 Å². The van der Waals surface area contributed by atoms with Gasteiger partial charge in [0.05, 0.1) is 0 Å². The summed E-state index contributed by atoms with van der Waals surface area (Å²) in [6.07, 6.45) is 2.60. The lowest BCUT2D eigenvalue weighted by molar-refractivity contribution is -0.132. The van der Waals surface area contributed by atoms with Gasteiger partial charge in [0, 0.05) is 25.0 Å². The summed E-state index contributed by atoms with van der Waals surface area (Å²) >= 11 is 0. The van der Waals surface area contributed by atoms with Gasteiger partial charge in [-0.05, 0) is 26.7 Å². The molecule has 1 amide bonds. The lowest BCUT2D eigenvalue weighted by Gasteiger charge is -2.26. The van der Waals surface area contributed by atoms with E-state index >= 15 is 0 Å². The number of carbonyl (C=O) groups is 1. The summed E-state index contributed by atoms with van der Waals surface area (Å²) in [4.78, 5) is 13.4. The molecule has 70 valence electrons. The molecule has 3 nitrogen and oxygen atoms in total. The molecule has 1 heterocycles. The Balaban J connectivity index is 2.61. The van der Waals surface area contributed by atoms with Crippen molar-refractivity contribution in [3.8, 4) is 0 Å². The largest absolute Gasteiger partial charge is 0.339 e. The predicted octanol–water partition coefficient (Wildman–Crippen LogP) is 0.735. The second-order valence-corrected chi connectivity index (χ2v) is 3.79. The van der Waals surface area contributed by atoms with E-state index in [-0.39, 0.29) is 11.9 Å². The molecular formula is C9H18N2O. The molecule has 0 aromatic carbocycles. The van der Waals surface area contributed by atoms with E-state index in [4.69, 9.17) is 5.73 Å². The second-order valence-electron chi connectivity index (χ2n) is 3.79. The number of nitrogens with two attached hydrogens (primary N) is 1. The first-order valence-corrected chi connectivity index (χ1v) is 4.66. The quantitative estimate of drug-likeness (QED) is 0.630. The van der Waals surface area contributed by atoms with Crippen LogP contribution in [-0.4, -0.2) is 29.4 Å². The Labute approximate surface area is 73.9 Å². The predicted molar refractivity (Wildman–Crippen MR) is 48.7 cm³/mol. The summed E-state index contributed by atoms with van der Waals surface area (Å²) in [6.45, 7) is 4.81. The van der Waals surface area contributed by atoms with Gasteiger partial charge in [-0.25, -0.2) is 0 Å². The van der Waals surface area contributed by atoms with E-state index in [0.717, 1.165) is 19.4 Å². The Hall–Kier alpha value is -0.570. The molecule has 0 spiro atoms. The Morgan fingerprint density at radius 3 is 2.83 bits per heavy atom. The zero-order chi connectivity index (χ0) is 9.14. The van der Waals surface area contributed by atoms with Crippen LogP contribution in [0.5, 0.6) is 0 Å². The van der Waals surface area contributed by atoms with Crippen LogP contribution in [0, 0.1) is 0 Å². The lowest BCUT2D eigenvalue weighted by atomic mass is 10.1. The Morgan fingerprint density at radius 1 is 1.58 bits per heavy atom. The second kappa shape index (κ2) is 3.90. The van der Waals surface area contributed by atoms with Gasteiger partial charge in [0.2, 0.25) is 5.91 Å². The Bertz CT molecular complexity index is 168. The maximum absolute atomic E-state index is 11.5. The smallest absolute Gasteiger partial charge is 0.222 e. The van der Waals surface area contributed by atoms with Crippen LogP contribution in [0.15, 0.2) is 0 Å². The number of likely N-dealkylation sites (tertiary alicyclic amines) is 1. The van der Waals surface area contributed by atoms with Gasteiger partial charge in [0.1, 0.15) is 0 Å². The van der Waals surface area contributed by atoms with Crippen LogP contribution in [0.25, 0.3) is 0 Å². The summed E-state index contributed by atoms with van der Waals surface area (Å²) in [7, 11) is 0. The van der Waals surface area contributed by atoms with Crippen molar-refractivity contribution in [1.29, 1.82) is 0 Å². The molecule has 12 heavy (non-hydrogen) atoms. The normalized spacial score (nSPS) is 26.2. The average molecular weight is 170 g/mol. The van der Waals surface area contributed by atoms with Crippen molar-refractivity contribution >= 4 is 5.91 Å². The van der Waals surface area contributed by atoms with Crippen LogP contribution in [0.3, 0.4) is 0 Å². The first kappa shape index (κ1) is 9.52. The zero-order valence-electron chi connectivity index (χ0n) is 7.92. The van der Waals surface area contributed by atoms with Gasteiger partial charge in [-0.3, -0.25) is 4.79 Å². The van der Waals surface area contributed by atoms with Gasteiger partial charge in [-0.2, -0.15) is 0 Å². The molecule has 1 unspecified atom stereocenters. The van der Waals surface area contributed by atoms with Crippen LogP contribution in [-0.2, 0) is 4.79 Å². The number of hydrogen-bond donors (Lipinski definition) is 1. The molecule has 0 aromatic heterocycles. The van der Waals surface area contributed by atoms with Crippen LogP contribution in [0.1, 0.15) is 33.1 Å². The topological polar surface area (TPSA) is 46.3 Å². The number of carbonyl (C=O) groups excluding carboxylic acids is 1. The molecular weight excluding hydrogens is 152 g/mol. The molecule has 0 bridgehead atoms. The van der Waals surface area contributed by atoms with Crippen molar-refractivity contribution in [2.75, 3.05) is 6.54 Å². The van der Waals surface area contributed by atoms with Crippen molar-refractivity contribution in [2.45, 2.75) is 45.2 Å². The molecule has 0 saturated carbocycles. The minimum Gasteiger partial charge on any atom is -0.339 e. The Kier molecular flexibility index (Phi) is 3.09. The molecule has 1 fully saturated rings. The van der Waals surface area contributed by atoms with Gasteiger partial charge in [0.15, 0.2) is 0 Å². The molecule has 0 radical (unpaired) electrons. The number of nitrogens with zero attached hydrogens (tertiary/aromatic N) is 1. The van der Waals surface area contributed by atoms with Crippen molar-refractivity contribution in [1.82, 2.24) is 4.90 Å². The molecule has 0 aromatic rings. The van der Waals surface area contributed by atoms with E-state index in [9.17, 15) is 4.79 Å². The summed E-state index contributed by atoms with van der Waals surface area (Å²) in [5, 5.41) is 0. The van der Waals surface area contributed by atoms with E-state index < -0.39 is 0 Å². The molecule has 1 saturated heterocycles. The lowest BCUT2D eigenvalue weighted by Crippen LogP contribution is -2.42. The highest BCUT2D eigenvalue weighted by Gasteiger charge is 2.22. The summed E-state index contributed by atoms with van der Waals surface area (Å²) in [5.74, 6) is 0.262.